The number of rotatable bonds is 1. The first-order valence-corrected chi connectivity index (χ1v) is 8.50. The number of amidine groups is 1. The minimum Gasteiger partial charge on any atom is -0.362 e. The number of hydrogen-bond donors (Lipinski definition) is 1. The highest BCUT2D eigenvalue weighted by atomic mass is 32.2. The average molecular weight is 283 g/mol. The second kappa shape index (κ2) is 6.04. The van der Waals surface area contributed by atoms with Gasteiger partial charge in [0.05, 0.1) is 6.04 Å². The highest BCUT2D eigenvalue weighted by Gasteiger charge is 2.30. The van der Waals surface area contributed by atoms with Gasteiger partial charge >= 0.3 is 0 Å². The lowest BCUT2D eigenvalue weighted by atomic mass is 9.85. The third-order valence-corrected chi connectivity index (χ3v) is 5.26. The van der Waals surface area contributed by atoms with Gasteiger partial charge in [-0.1, -0.05) is 39.5 Å². The molecule has 0 aromatic heterocycles. The van der Waals surface area contributed by atoms with Crippen molar-refractivity contribution >= 4 is 16.9 Å². The zero-order valence-electron chi connectivity index (χ0n) is 13.1. The van der Waals surface area contributed by atoms with Crippen molar-refractivity contribution in [2.75, 3.05) is 25.9 Å². The molecule has 0 saturated carbocycles. The maximum absolute atomic E-state index is 4.96. The number of nitrogens with zero attached hydrogens (tertiary/aromatic N) is 2. The molecule has 1 saturated heterocycles. The van der Waals surface area contributed by atoms with Gasteiger partial charge in [0.2, 0.25) is 0 Å². The first kappa shape index (κ1) is 15.2. The summed E-state index contributed by atoms with van der Waals surface area (Å²) in [5.74, 6) is 1.91. The van der Waals surface area contributed by atoms with E-state index in [1.54, 1.807) is 0 Å². The molecule has 1 N–H and O–H groups in total. The molecule has 0 radical (unpaired) electrons. The molecule has 3 nitrogen and oxygen atoms in total. The van der Waals surface area contributed by atoms with Crippen LogP contribution in [0.15, 0.2) is 4.99 Å². The van der Waals surface area contributed by atoms with Crippen LogP contribution in [0.25, 0.3) is 0 Å². The van der Waals surface area contributed by atoms with Crippen LogP contribution in [0, 0.1) is 11.3 Å². The quantitative estimate of drug-likeness (QED) is 0.802. The summed E-state index contributed by atoms with van der Waals surface area (Å²) in [4.78, 5) is 7.38. The van der Waals surface area contributed by atoms with Crippen LogP contribution in [0.5, 0.6) is 0 Å². The second-order valence-corrected chi connectivity index (χ2v) is 8.32. The Morgan fingerprint density at radius 1 is 1.32 bits per heavy atom. The topological polar surface area (TPSA) is 27.6 Å². The van der Waals surface area contributed by atoms with Gasteiger partial charge in [0.25, 0.3) is 0 Å². The van der Waals surface area contributed by atoms with Crippen LogP contribution in [0.4, 0.5) is 0 Å². The standard InChI is InChI=1S/C15H29N3S/c1-11-10-18(5)8-6-12(11)16-14-17-13(7-9-19-14)15(2,3)4/h11-13H,6-10H2,1-5H3,(H,16,17). The molecule has 0 aromatic carbocycles. The zero-order valence-corrected chi connectivity index (χ0v) is 13.9. The van der Waals surface area contributed by atoms with Crippen molar-refractivity contribution in [3.05, 3.63) is 0 Å². The summed E-state index contributed by atoms with van der Waals surface area (Å²) in [5.41, 5.74) is 0.284. The van der Waals surface area contributed by atoms with Gasteiger partial charge in [-0.05, 0) is 37.8 Å². The predicted octanol–water partition coefficient (Wildman–Crippen LogP) is 2.82. The predicted molar refractivity (Wildman–Crippen MR) is 86.0 cm³/mol. The molecule has 2 rings (SSSR count). The zero-order chi connectivity index (χ0) is 14.0. The van der Waals surface area contributed by atoms with E-state index < -0.39 is 0 Å². The van der Waals surface area contributed by atoms with Crippen molar-refractivity contribution in [1.29, 1.82) is 0 Å². The smallest absolute Gasteiger partial charge is 0.157 e. The number of aliphatic imine (C=N–C) groups is 1. The van der Waals surface area contributed by atoms with E-state index >= 15 is 0 Å². The highest BCUT2D eigenvalue weighted by Crippen LogP contribution is 2.30. The van der Waals surface area contributed by atoms with Crippen molar-refractivity contribution in [3.63, 3.8) is 0 Å². The summed E-state index contributed by atoms with van der Waals surface area (Å²) in [7, 11) is 2.22. The summed E-state index contributed by atoms with van der Waals surface area (Å²) < 4.78 is 0. The Kier molecular flexibility index (Phi) is 4.83. The Morgan fingerprint density at radius 3 is 2.68 bits per heavy atom. The molecular formula is C15H29N3S. The van der Waals surface area contributed by atoms with Gasteiger partial charge in [-0.3, -0.25) is 4.99 Å². The average Bonchev–Trinajstić information content (AvgIpc) is 2.32. The lowest BCUT2D eigenvalue weighted by Crippen LogP contribution is -2.49. The molecule has 0 spiro atoms. The molecule has 2 aliphatic rings. The molecule has 2 heterocycles. The van der Waals surface area contributed by atoms with E-state index in [-0.39, 0.29) is 5.41 Å². The first-order chi connectivity index (χ1) is 8.86. The molecule has 1 fully saturated rings. The van der Waals surface area contributed by atoms with Gasteiger partial charge in [0.1, 0.15) is 0 Å². The molecule has 3 atom stereocenters. The number of likely N-dealkylation sites (tertiary alicyclic amines) is 1. The summed E-state index contributed by atoms with van der Waals surface area (Å²) in [5, 5.41) is 4.90. The van der Waals surface area contributed by atoms with Crippen LogP contribution >= 0.6 is 11.8 Å². The molecule has 2 aliphatic heterocycles. The molecule has 19 heavy (non-hydrogen) atoms. The molecule has 0 amide bonds. The Hall–Kier alpha value is -0.220. The third-order valence-electron chi connectivity index (χ3n) is 4.32. The Bertz CT molecular complexity index is 335. The van der Waals surface area contributed by atoms with E-state index in [9.17, 15) is 0 Å². The largest absolute Gasteiger partial charge is 0.362 e. The van der Waals surface area contributed by atoms with Crippen molar-refractivity contribution in [1.82, 2.24) is 10.2 Å². The van der Waals surface area contributed by atoms with Gasteiger partial charge < -0.3 is 10.2 Å². The monoisotopic (exact) mass is 283 g/mol. The number of piperidine rings is 1. The summed E-state index contributed by atoms with van der Waals surface area (Å²) in [6, 6.07) is 1.07. The fourth-order valence-electron chi connectivity index (χ4n) is 2.94. The van der Waals surface area contributed by atoms with Crippen LogP contribution in [-0.2, 0) is 0 Å². The highest BCUT2D eigenvalue weighted by molar-refractivity contribution is 8.13. The minimum absolute atomic E-state index is 0.284. The maximum Gasteiger partial charge on any atom is 0.157 e. The van der Waals surface area contributed by atoms with Crippen LogP contribution in [0.3, 0.4) is 0 Å². The fraction of sp³-hybridized carbons (Fsp3) is 0.933. The van der Waals surface area contributed by atoms with Crippen LogP contribution in [-0.4, -0.2) is 48.0 Å². The molecule has 110 valence electrons. The van der Waals surface area contributed by atoms with Gasteiger partial charge in [-0.25, -0.2) is 0 Å². The Labute approximate surface area is 122 Å². The SMILES string of the molecule is CC1CN(C)CCC1NC1=NC(C(C)(C)C)CCS1. The normalized spacial score (nSPS) is 33.9. The maximum atomic E-state index is 4.96. The van der Waals surface area contributed by atoms with Gasteiger partial charge in [-0.2, -0.15) is 0 Å². The van der Waals surface area contributed by atoms with E-state index in [0.29, 0.717) is 18.0 Å². The van der Waals surface area contributed by atoms with Crippen molar-refractivity contribution in [2.45, 2.75) is 52.6 Å². The molecule has 0 aromatic rings. The second-order valence-electron chi connectivity index (χ2n) is 7.23. The molecule has 4 heteroatoms. The van der Waals surface area contributed by atoms with Crippen LogP contribution < -0.4 is 5.32 Å². The Balaban J connectivity index is 1.96. The van der Waals surface area contributed by atoms with Crippen molar-refractivity contribution in [3.8, 4) is 0 Å². The molecule has 0 aliphatic carbocycles. The van der Waals surface area contributed by atoms with E-state index in [1.807, 2.05) is 11.8 Å². The van der Waals surface area contributed by atoms with Crippen molar-refractivity contribution in [2.24, 2.45) is 16.3 Å². The third kappa shape index (κ3) is 4.12. The van der Waals surface area contributed by atoms with E-state index in [4.69, 9.17) is 4.99 Å². The number of thioether (sulfide) groups is 1. The van der Waals surface area contributed by atoms with E-state index in [2.05, 4.69) is 45.0 Å². The van der Waals surface area contributed by atoms with Gasteiger partial charge in [0.15, 0.2) is 5.17 Å². The summed E-state index contributed by atoms with van der Waals surface area (Å²) in [6.07, 6.45) is 2.44. The summed E-state index contributed by atoms with van der Waals surface area (Å²) >= 11 is 1.90. The van der Waals surface area contributed by atoms with Gasteiger partial charge in [-0.15, -0.1) is 0 Å². The number of hydrogen-bond acceptors (Lipinski definition) is 4. The van der Waals surface area contributed by atoms with E-state index in [0.717, 1.165) is 0 Å². The Morgan fingerprint density at radius 2 is 2.05 bits per heavy atom. The summed E-state index contributed by atoms with van der Waals surface area (Å²) in [6.45, 7) is 11.6. The number of nitrogens with one attached hydrogen (secondary N) is 1. The van der Waals surface area contributed by atoms with Crippen LogP contribution in [0.1, 0.15) is 40.5 Å². The molecule has 0 bridgehead atoms. The minimum atomic E-state index is 0.284. The lowest BCUT2D eigenvalue weighted by Gasteiger charge is -2.37. The molecular weight excluding hydrogens is 254 g/mol. The van der Waals surface area contributed by atoms with Gasteiger partial charge in [0, 0.05) is 18.3 Å². The van der Waals surface area contributed by atoms with E-state index in [1.165, 1.54) is 36.9 Å². The lowest BCUT2D eigenvalue weighted by molar-refractivity contribution is 0.187. The molecule has 3 unspecified atom stereocenters. The first-order valence-electron chi connectivity index (χ1n) is 7.52. The fourth-order valence-corrected chi connectivity index (χ4v) is 3.91. The van der Waals surface area contributed by atoms with Crippen molar-refractivity contribution < 1.29 is 0 Å². The van der Waals surface area contributed by atoms with Crippen LogP contribution in [0.2, 0.25) is 0 Å².